The van der Waals surface area contributed by atoms with Crippen molar-refractivity contribution in [2.45, 2.75) is 0 Å². The van der Waals surface area contributed by atoms with Crippen LogP contribution in [0.25, 0.3) is 65.7 Å². The van der Waals surface area contributed by atoms with Crippen molar-refractivity contribution in [2.24, 2.45) is 0 Å². The smallest absolute Gasteiger partial charge is 0.0462 e. The molecule has 0 spiro atoms. The van der Waals surface area contributed by atoms with E-state index >= 15 is 0 Å². The second-order valence-electron chi connectivity index (χ2n) is 12.6. The summed E-state index contributed by atoms with van der Waals surface area (Å²) in [5.41, 5.74) is 10.6. The summed E-state index contributed by atoms with van der Waals surface area (Å²) in [5, 5.41) is 7.72. The van der Waals surface area contributed by atoms with E-state index in [0.29, 0.717) is 0 Å². The highest BCUT2D eigenvalue weighted by Crippen LogP contribution is 2.39. The molecule has 9 aromatic carbocycles. The summed E-state index contributed by atoms with van der Waals surface area (Å²) in [6.45, 7) is 0. The zero-order valence-electron chi connectivity index (χ0n) is 27.0. The van der Waals surface area contributed by atoms with Gasteiger partial charge in [-0.25, -0.2) is 0 Å². The normalized spacial score (nSPS) is 11.3. The van der Waals surface area contributed by atoms with Gasteiger partial charge < -0.3 is 4.90 Å². The number of hydrogen-bond donors (Lipinski definition) is 0. The van der Waals surface area contributed by atoms with Crippen LogP contribution in [0.2, 0.25) is 0 Å². The Bertz CT molecular complexity index is 2470. The van der Waals surface area contributed by atoms with E-state index in [-0.39, 0.29) is 0 Å². The van der Waals surface area contributed by atoms with E-state index < -0.39 is 0 Å². The van der Waals surface area contributed by atoms with Gasteiger partial charge in [-0.3, -0.25) is 0 Å². The van der Waals surface area contributed by atoms with Crippen LogP contribution >= 0.6 is 0 Å². The molecule has 0 atom stereocenters. The molecular formula is C48H33N. The summed E-state index contributed by atoms with van der Waals surface area (Å²) in [6, 6.07) is 72.3. The van der Waals surface area contributed by atoms with Crippen molar-refractivity contribution in [3.63, 3.8) is 0 Å². The van der Waals surface area contributed by atoms with Crippen LogP contribution in [0.5, 0.6) is 0 Å². The average Bonchev–Trinajstić information content (AvgIpc) is 3.19. The summed E-state index contributed by atoms with van der Waals surface area (Å²) in [5.74, 6) is 0. The molecule has 0 aliphatic rings. The van der Waals surface area contributed by atoms with Crippen LogP contribution in [0, 0.1) is 0 Å². The van der Waals surface area contributed by atoms with Crippen molar-refractivity contribution in [1.29, 1.82) is 0 Å². The first-order valence-corrected chi connectivity index (χ1v) is 16.8. The molecule has 1 nitrogen and oxygen atoms in total. The predicted molar refractivity (Wildman–Crippen MR) is 210 cm³/mol. The van der Waals surface area contributed by atoms with E-state index in [1.807, 2.05) is 0 Å². The summed E-state index contributed by atoms with van der Waals surface area (Å²) in [6.07, 6.45) is 0. The van der Waals surface area contributed by atoms with Gasteiger partial charge in [0.1, 0.15) is 0 Å². The van der Waals surface area contributed by atoms with E-state index in [9.17, 15) is 0 Å². The molecule has 0 amide bonds. The molecule has 0 saturated heterocycles. The van der Waals surface area contributed by atoms with Crippen LogP contribution in [0.3, 0.4) is 0 Å². The van der Waals surface area contributed by atoms with Gasteiger partial charge in [-0.05, 0) is 108 Å². The van der Waals surface area contributed by atoms with Crippen LogP contribution in [-0.4, -0.2) is 0 Å². The third-order valence-corrected chi connectivity index (χ3v) is 9.67. The number of nitrogens with zero attached hydrogens (tertiary/aromatic N) is 1. The van der Waals surface area contributed by atoms with Crippen molar-refractivity contribution in [3.05, 3.63) is 200 Å². The molecular weight excluding hydrogens is 591 g/mol. The van der Waals surface area contributed by atoms with Crippen molar-refractivity contribution < 1.29 is 0 Å². The van der Waals surface area contributed by atoms with E-state index in [4.69, 9.17) is 0 Å². The molecule has 0 heterocycles. The molecule has 0 bridgehead atoms. The first-order chi connectivity index (χ1) is 24.3. The lowest BCUT2D eigenvalue weighted by atomic mass is 9.95. The highest BCUT2D eigenvalue weighted by atomic mass is 15.1. The van der Waals surface area contributed by atoms with E-state index in [1.165, 1.54) is 65.7 Å². The second kappa shape index (κ2) is 12.3. The zero-order valence-corrected chi connectivity index (χ0v) is 27.0. The Labute approximate surface area is 287 Å². The van der Waals surface area contributed by atoms with Crippen LogP contribution < -0.4 is 4.90 Å². The number of fused-ring (bicyclic) bond motifs is 5. The van der Waals surface area contributed by atoms with Crippen molar-refractivity contribution >= 4 is 49.4 Å². The SMILES string of the molecule is c1ccc(-c2ccc(N(c3ccc(-c4ccccc4)cc3)c3ccc(-c4ccc5c(ccc6c7ccccc7ccc56)c4)cc3)cc2)cc1. The van der Waals surface area contributed by atoms with E-state index in [0.717, 1.165) is 17.1 Å². The van der Waals surface area contributed by atoms with Gasteiger partial charge in [-0.15, -0.1) is 0 Å². The maximum Gasteiger partial charge on any atom is 0.0462 e. The molecule has 0 aliphatic carbocycles. The standard InChI is InChI=1S/C48H33N/c1-3-9-34(10-4-1)36-15-24-42(25-16-36)49(43-26-17-37(18-27-43)35-11-5-2-6-12-35)44-28-19-38(20-29-44)40-22-30-46-41(33-40)23-32-47-45-14-8-7-13-39(45)21-31-48(46)47/h1-33H. The summed E-state index contributed by atoms with van der Waals surface area (Å²) in [4.78, 5) is 2.34. The summed E-state index contributed by atoms with van der Waals surface area (Å²) >= 11 is 0. The van der Waals surface area contributed by atoms with Gasteiger partial charge in [0.25, 0.3) is 0 Å². The molecule has 49 heavy (non-hydrogen) atoms. The van der Waals surface area contributed by atoms with Gasteiger partial charge in [0, 0.05) is 17.1 Å². The van der Waals surface area contributed by atoms with Crippen LogP contribution in [-0.2, 0) is 0 Å². The monoisotopic (exact) mass is 623 g/mol. The summed E-state index contributed by atoms with van der Waals surface area (Å²) in [7, 11) is 0. The number of anilines is 3. The zero-order chi connectivity index (χ0) is 32.6. The van der Waals surface area contributed by atoms with Gasteiger partial charge in [0.05, 0.1) is 0 Å². The fourth-order valence-corrected chi connectivity index (χ4v) is 7.13. The lowest BCUT2D eigenvalue weighted by Crippen LogP contribution is -2.09. The highest BCUT2D eigenvalue weighted by molar-refractivity contribution is 6.17. The fourth-order valence-electron chi connectivity index (χ4n) is 7.13. The minimum atomic E-state index is 1.11. The van der Waals surface area contributed by atoms with Gasteiger partial charge in [0.15, 0.2) is 0 Å². The third kappa shape index (κ3) is 5.42. The molecule has 9 rings (SSSR count). The predicted octanol–water partition coefficient (Wildman–Crippen LogP) is 13.6. The Morgan fingerprint density at radius 3 is 1.12 bits per heavy atom. The van der Waals surface area contributed by atoms with E-state index in [2.05, 4.69) is 205 Å². The van der Waals surface area contributed by atoms with Crippen LogP contribution in [0.15, 0.2) is 200 Å². The molecule has 230 valence electrons. The topological polar surface area (TPSA) is 3.24 Å². The second-order valence-corrected chi connectivity index (χ2v) is 12.6. The average molecular weight is 624 g/mol. The molecule has 9 aromatic rings. The molecule has 0 aromatic heterocycles. The number of benzene rings is 9. The first-order valence-electron chi connectivity index (χ1n) is 16.8. The van der Waals surface area contributed by atoms with Crippen LogP contribution in [0.4, 0.5) is 17.1 Å². The maximum atomic E-state index is 2.34. The largest absolute Gasteiger partial charge is 0.311 e. The molecule has 0 aliphatic heterocycles. The highest BCUT2D eigenvalue weighted by Gasteiger charge is 2.14. The molecule has 0 N–H and O–H groups in total. The van der Waals surface area contributed by atoms with Crippen LogP contribution in [0.1, 0.15) is 0 Å². The quantitative estimate of drug-likeness (QED) is 0.167. The molecule has 0 saturated carbocycles. The molecule has 0 unspecified atom stereocenters. The molecule has 0 radical (unpaired) electrons. The number of hydrogen-bond acceptors (Lipinski definition) is 1. The van der Waals surface area contributed by atoms with Crippen molar-refractivity contribution in [2.75, 3.05) is 4.90 Å². The van der Waals surface area contributed by atoms with Gasteiger partial charge in [-0.2, -0.15) is 0 Å². The lowest BCUT2D eigenvalue weighted by Gasteiger charge is -2.26. The maximum absolute atomic E-state index is 2.34. The van der Waals surface area contributed by atoms with Gasteiger partial charge in [-0.1, -0.05) is 158 Å². The van der Waals surface area contributed by atoms with Crippen molar-refractivity contribution in [3.8, 4) is 33.4 Å². The van der Waals surface area contributed by atoms with E-state index in [1.54, 1.807) is 0 Å². The lowest BCUT2D eigenvalue weighted by molar-refractivity contribution is 1.28. The fraction of sp³-hybridized carbons (Fsp3) is 0. The number of rotatable bonds is 6. The Balaban J connectivity index is 1.08. The molecule has 0 fully saturated rings. The minimum Gasteiger partial charge on any atom is -0.311 e. The molecule has 1 heteroatoms. The Morgan fingerprint density at radius 1 is 0.224 bits per heavy atom. The van der Waals surface area contributed by atoms with Gasteiger partial charge >= 0.3 is 0 Å². The Kier molecular flexibility index (Phi) is 7.22. The third-order valence-electron chi connectivity index (χ3n) is 9.67. The van der Waals surface area contributed by atoms with Gasteiger partial charge in [0.2, 0.25) is 0 Å². The summed E-state index contributed by atoms with van der Waals surface area (Å²) < 4.78 is 0. The minimum absolute atomic E-state index is 1.11. The first kappa shape index (κ1) is 28.8. The van der Waals surface area contributed by atoms with Crippen molar-refractivity contribution in [1.82, 2.24) is 0 Å². The Hall–Kier alpha value is -6.44. The Morgan fingerprint density at radius 2 is 0.592 bits per heavy atom.